The highest BCUT2D eigenvalue weighted by atomic mass is 19.4. The Balaban J connectivity index is 2.10. The second-order valence-electron chi connectivity index (χ2n) is 8.43. The van der Waals surface area contributed by atoms with Crippen molar-refractivity contribution >= 4 is 23.0 Å². The molecule has 34 heavy (non-hydrogen) atoms. The lowest BCUT2D eigenvalue weighted by Crippen LogP contribution is -2.28. The lowest BCUT2D eigenvalue weighted by atomic mass is 9.76. The third kappa shape index (κ3) is 5.23. The molecule has 0 radical (unpaired) electrons. The van der Waals surface area contributed by atoms with Crippen LogP contribution in [0.1, 0.15) is 58.6 Å². The predicted molar refractivity (Wildman–Crippen MR) is 119 cm³/mol. The number of hydrogen-bond donors (Lipinski definition) is 3. The van der Waals surface area contributed by atoms with Crippen molar-refractivity contribution in [3.8, 4) is 0 Å². The van der Waals surface area contributed by atoms with Gasteiger partial charge in [-0.15, -0.1) is 0 Å². The summed E-state index contributed by atoms with van der Waals surface area (Å²) in [5.74, 6) is -3.81. The fraction of sp³-hybridized carbons (Fsp3) is 0.435. The number of nitrogens with one attached hydrogen (secondary N) is 2. The standard InChI is InChI=1S/C23H25F4N3O4/c1-12-9-16(24)8-5-14(12)11-29-20-17(22(31)32)10-18(30(33)34)21(28-2)19(20)13-3-6-15(7-4-13)23(25,26)27/h5,8-10,13,15,28-29H,3-4,6-7,11H2,1-2H3,(H,31,32). The Morgan fingerprint density at radius 1 is 1.18 bits per heavy atom. The summed E-state index contributed by atoms with van der Waals surface area (Å²) >= 11 is 0. The Hall–Kier alpha value is -3.37. The number of rotatable bonds is 7. The van der Waals surface area contributed by atoms with Crippen LogP contribution in [-0.4, -0.2) is 29.2 Å². The number of carboxylic acid groups (broad SMARTS) is 1. The first-order chi connectivity index (χ1) is 15.9. The molecule has 1 aliphatic rings. The second-order valence-corrected chi connectivity index (χ2v) is 8.43. The normalized spacial score (nSPS) is 18.4. The van der Waals surface area contributed by atoms with Crippen molar-refractivity contribution in [2.24, 2.45) is 5.92 Å². The van der Waals surface area contributed by atoms with Gasteiger partial charge in [0.25, 0.3) is 5.69 Å². The van der Waals surface area contributed by atoms with Gasteiger partial charge in [0.15, 0.2) is 0 Å². The molecule has 7 nitrogen and oxygen atoms in total. The molecule has 0 saturated heterocycles. The van der Waals surface area contributed by atoms with Crippen LogP contribution in [0.3, 0.4) is 0 Å². The number of aryl methyl sites for hydroxylation is 1. The second kappa shape index (κ2) is 9.86. The van der Waals surface area contributed by atoms with E-state index in [0.717, 1.165) is 6.07 Å². The van der Waals surface area contributed by atoms with Crippen LogP contribution in [0.15, 0.2) is 24.3 Å². The number of hydrogen-bond acceptors (Lipinski definition) is 5. The lowest BCUT2D eigenvalue weighted by molar-refractivity contribution is -0.384. The maximum atomic E-state index is 13.5. The molecular formula is C23H25F4N3O4. The van der Waals surface area contributed by atoms with E-state index >= 15 is 0 Å². The molecule has 0 heterocycles. The lowest BCUT2D eigenvalue weighted by Gasteiger charge is -2.32. The minimum absolute atomic E-state index is 0.0730. The zero-order valence-corrected chi connectivity index (χ0v) is 18.6. The SMILES string of the molecule is CNc1c([N+](=O)[O-])cc(C(=O)O)c(NCc2ccc(F)cc2C)c1C1CCC(C(F)(F)F)CC1. The van der Waals surface area contributed by atoms with E-state index < -0.39 is 40.4 Å². The Morgan fingerprint density at radius 3 is 2.32 bits per heavy atom. The molecule has 0 bridgehead atoms. The maximum Gasteiger partial charge on any atom is 0.391 e. The molecule has 3 N–H and O–H groups in total. The Morgan fingerprint density at radius 2 is 1.82 bits per heavy atom. The highest BCUT2D eigenvalue weighted by Gasteiger charge is 2.43. The first-order valence-corrected chi connectivity index (χ1v) is 10.8. The largest absolute Gasteiger partial charge is 0.478 e. The number of alkyl halides is 3. The molecular weight excluding hydrogens is 458 g/mol. The number of nitro groups is 1. The topological polar surface area (TPSA) is 105 Å². The predicted octanol–water partition coefficient (Wildman–Crippen LogP) is 6.23. The first-order valence-electron chi connectivity index (χ1n) is 10.8. The number of anilines is 2. The van der Waals surface area contributed by atoms with Crippen LogP contribution in [0.4, 0.5) is 34.6 Å². The van der Waals surface area contributed by atoms with E-state index in [1.807, 2.05) is 0 Å². The van der Waals surface area contributed by atoms with E-state index in [1.54, 1.807) is 6.92 Å². The summed E-state index contributed by atoms with van der Waals surface area (Å²) in [5.41, 5.74) is 0.955. The molecule has 0 amide bonds. The number of nitrogens with zero attached hydrogens (tertiary/aromatic N) is 1. The van der Waals surface area contributed by atoms with Crippen molar-refractivity contribution in [2.45, 2.75) is 51.2 Å². The Labute approximate surface area is 193 Å². The molecule has 11 heteroatoms. The van der Waals surface area contributed by atoms with Crippen LogP contribution >= 0.6 is 0 Å². The molecule has 1 saturated carbocycles. The van der Waals surface area contributed by atoms with E-state index in [2.05, 4.69) is 10.6 Å². The van der Waals surface area contributed by atoms with Crippen LogP contribution in [0, 0.1) is 28.8 Å². The van der Waals surface area contributed by atoms with Gasteiger partial charge in [0.2, 0.25) is 0 Å². The highest BCUT2D eigenvalue weighted by molar-refractivity contribution is 5.99. The van der Waals surface area contributed by atoms with Gasteiger partial charge in [-0.1, -0.05) is 6.07 Å². The number of halogens is 4. The summed E-state index contributed by atoms with van der Waals surface area (Å²) in [6.07, 6.45) is -4.43. The minimum atomic E-state index is -4.33. The van der Waals surface area contributed by atoms with Gasteiger partial charge in [-0.05, 0) is 61.8 Å². The van der Waals surface area contributed by atoms with Gasteiger partial charge in [-0.2, -0.15) is 13.2 Å². The van der Waals surface area contributed by atoms with Gasteiger partial charge in [0.05, 0.1) is 22.1 Å². The summed E-state index contributed by atoms with van der Waals surface area (Å²) in [6.45, 7) is 1.78. The van der Waals surface area contributed by atoms with Crippen LogP contribution in [0.2, 0.25) is 0 Å². The van der Waals surface area contributed by atoms with E-state index in [1.165, 1.54) is 25.2 Å². The van der Waals surface area contributed by atoms with Gasteiger partial charge in [0.1, 0.15) is 11.5 Å². The average molecular weight is 483 g/mol. The van der Waals surface area contributed by atoms with Gasteiger partial charge in [0, 0.05) is 25.2 Å². The van der Waals surface area contributed by atoms with Crippen LogP contribution in [0.25, 0.3) is 0 Å². The summed E-state index contributed by atoms with van der Waals surface area (Å²) in [6, 6.07) is 5.06. The summed E-state index contributed by atoms with van der Waals surface area (Å²) in [4.78, 5) is 23.1. The maximum absolute atomic E-state index is 13.5. The van der Waals surface area contributed by atoms with Crippen molar-refractivity contribution in [1.29, 1.82) is 0 Å². The molecule has 3 rings (SSSR count). The smallest absolute Gasteiger partial charge is 0.391 e. The minimum Gasteiger partial charge on any atom is -0.478 e. The molecule has 0 unspecified atom stereocenters. The van der Waals surface area contributed by atoms with E-state index in [-0.39, 0.29) is 54.7 Å². The molecule has 184 valence electrons. The highest BCUT2D eigenvalue weighted by Crippen LogP contribution is 2.49. The van der Waals surface area contributed by atoms with E-state index in [9.17, 15) is 37.6 Å². The number of benzene rings is 2. The zero-order chi connectivity index (χ0) is 25.2. The molecule has 1 fully saturated rings. The van der Waals surface area contributed by atoms with Crippen molar-refractivity contribution < 1.29 is 32.4 Å². The average Bonchev–Trinajstić information content (AvgIpc) is 2.76. The summed E-state index contributed by atoms with van der Waals surface area (Å²) in [7, 11) is 1.45. The quantitative estimate of drug-likeness (QED) is 0.245. The van der Waals surface area contributed by atoms with E-state index in [4.69, 9.17) is 0 Å². The molecule has 0 spiro atoms. The number of nitro benzene ring substituents is 1. The van der Waals surface area contributed by atoms with Crippen molar-refractivity contribution in [2.75, 3.05) is 17.7 Å². The van der Waals surface area contributed by atoms with Crippen molar-refractivity contribution in [3.63, 3.8) is 0 Å². The molecule has 2 aromatic rings. The van der Waals surface area contributed by atoms with Gasteiger partial charge < -0.3 is 15.7 Å². The monoisotopic (exact) mass is 483 g/mol. The van der Waals surface area contributed by atoms with E-state index in [0.29, 0.717) is 11.1 Å². The summed E-state index contributed by atoms with van der Waals surface area (Å²) in [5, 5.41) is 27.3. The van der Waals surface area contributed by atoms with Crippen LogP contribution in [-0.2, 0) is 6.54 Å². The van der Waals surface area contributed by atoms with Crippen molar-refractivity contribution in [3.05, 3.63) is 62.5 Å². The molecule has 1 aliphatic carbocycles. The molecule has 0 aromatic heterocycles. The van der Waals surface area contributed by atoms with Gasteiger partial charge >= 0.3 is 12.1 Å². The zero-order valence-electron chi connectivity index (χ0n) is 18.6. The molecule has 2 aromatic carbocycles. The third-order valence-electron chi connectivity index (χ3n) is 6.38. The Kier molecular flexibility index (Phi) is 7.32. The van der Waals surface area contributed by atoms with Crippen LogP contribution < -0.4 is 10.6 Å². The molecule has 0 atom stereocenters. The van der Waals surface area contributed by atoms with Crippen molar-refractivity contribution in [1.82, 2.24) is 0 Å². The molecule has 0 aliphatic heterocycles. The van der Waals surface area contributed by atoms with Gasteiger partial charge in [-0.25, -0.2) is 9.18 Å². The number of carbonyl (C=O) groups is 1. The number of aromatic carboxylic acids is 1. The Bertz CT molecular complexity index is 1100. The van der Waals surface area contributed by atoms with Crippen LogP contribution in [0.5, 0.6) is 0 Å². The summed E-state index contributed by atoms with van der Waals surface area (Å²) < 4.78 is 53.0. The fourth-order valence-electron chi connectivity index (χ4n) is 4.61. The number of carboxylic acids is 1. The fourth-order valence-corrected chi connectivity index (χ4v) is 4.61. The third-order valence-corrected chi connectivity index (χ3v) is 6.38. The first kappa shape index (κ1) is 25.3. The van der Waals surface area contributed by atoms with Gasteiger partial charge in [-0.3, -0.25) is 10.1 Å².